The molecule has 0 saturated carbocycles. The van der Waals surface area contributed by atoms with Gasteiger partial charge in [0.15, 0.2) is 6.10 Å². The van der Waals surface area contributed by atoms with Gasteiger partial charge in [-0.1, -0.05) is 203 Å². The van der Waals surface area contributed by atoms with Gasteiger partial charge in [0.2, 0.25) is 0 Å². The van der Waals surface area contributed by atoms with Gasteiger partial charge < -0.3 is 24.2 Å². The number of rotatable bonds is 48. The SMILES string of the molecule is CC/C=C\C/C=C\C/C=C\C/C=C\C/C=C\C/C=C\CCC(=O)OCC(COP(=O)(O)OCC(CO)OC(=O)CC/C=C\C/C=C\C/C=C\C/C=C\CC)OC(=O)CCC/C=C\C/C=C\C/C=C\C/C=C\C/C=C\CC. The molecule has 3 unspecified atom stereocenters. The van der Waals surface area contributed by atoms with Crippen LogP contribution in [-0.2, 0) is 42.2 Å². The summed E-state index contributed by atoms with van der Waals surface area (Å²) in [6.45, 7) is 4.02. The topological polar surface area (TPSA) is 155 Å². The largest absolute Gasteiger partial charge is 0.472 e. The second kappa shape index (κ2) is 55.8. The Balaban J connectivity index is 5.03. The van der Waals surface area contributed by atoms with E-state index in [4.69, 9.17) is 23.3 Å². The number of esters is 3. The fourth-order valence-corrected chi connectivity index (χ4v) is 7.04. The fraction of sp³-hybridized carbons (Fsp3) is 0.484. The number of carbonyl (C=O) groups excluding carboxylic acids is 3. The lowest BCUT2D eigenvalue weighted by Gasteiger charge is -2.21. The summed E-state index contributed by atoms with van der Waals surface area (Å²) in [5.74, 6) is -1.76. The van der Waals surface area contributed by atoms with Crippen LogP contribution in [-0.4, -0.2) is 66.5 Å². The summed E-state index contributed by atoms with van der Waals surface area (Å²) in [4.78, 5) is 48.4. The molecule has 0 aromatic heterocycles. The minimum Gasteiger partial charge on any atom is -0.462 e. The summed E-state index contributed by atoms with van der Waals surface area (Å²) in [6, 6.07) is 0. The first-order chi connectivity index (χ1) is 37.2. The third kappa shape index (κ3) is 53.4. The molecular formula is C64H95O11P. The third-order valence-corrected chi connectivity index (χ3v) is 11.3. The van der Waals surface area contributed by atoms with Crippen molar-refractivity contribution in [3.05, 3.63) is 182 Å². The van der Waals surface area contributed by atoms with Gasteiger partial charge in [-0.25, -0.2) is 4.57 Å². The maximum absolute atomic E-state index is 12.9. The Morgan fingerprint density at radius 3 is 0.987 bits per heavy atom. The average molecular weight is 1070 g/mol. The van der Waals surface area contributed by atoms with Crippen LogP contribution in [0.25, 0.3) is 0 Å². The average Bonchev–Trinajstić information content (AvgIpc) is 3.41. The summed E-state index contributed by atoms with van der Waals surface area (Å²) in [6.07, 6.45) is 76.1. The molecule has 0 radical (unpaired) electrons. The molecule has 12 heteroatoms. The molecule has 0 spiro atoms. The Morgan fingerprint density at radius 1 is 0.368 bits per heavy atom. The smallest absolute Gasteiger partial charge is 0.462 e. The zero-order valence-electron chi connectivity index (χ0n) is 46.4. The van der Waals surface area contributed by atoms with Crippen molar-refractivity contribution in [2.24, 2.45) is 0 Å². The molecule has 0 aromatic carbocycles. The van der Waals surface area contributed by atoms with Gasteiger partial charge in [0.1, 0.15) is 12.7 Å². The van der Waals surface area contributed by atoms with Crippen LogP contribution in [0.5, 0.6) is 0 Å². The number of allylic oxidation sites excluding steroid dienone is 30. The Morgan fingerprint density at radius 2 is 0.645 bits per heavy atom. The lowest BCUT2D eigenvalue weighted by Crippen LogP contribution is -2.30. The summed E-state index contributed by atoms with van der Waals surface area (Å²) in [5, 5.41) is 9.78. The molecule has 0 aromatic rings. The lowest BCUT2D eigenvalue weighted by molar-refractivity contribution is -0.161. The molecule has 0 aliphatic carbocycles. The Kier molecular flexibility index (Phi) is 51.8. The van der Waals surface area contributed by atoms with E-state index in [9.17, 15) is 28.9 Å². The van der Waals surface area contributed by atoms with E-state index < -0.39 is 64.4 Å². The van der Waals surface area contributed by atoms with Gasteiger partial charge in [-0.3, -0.25) is 23.4 Å². The van der Waals surface area contributed by atoms with Gasteiger partial charge in [0.05, 0.1) is 19.8 Å². The van der Waals surface area contributed by atoms with Crippen molar-refractivity contribution in [3.63, 3.8) is 0 Å². The van der Waals surface area contributed by atoms with Crippen molar-refractivity contribution in [3.8, 4) is 0 Å². The minimum absolute atomic E-state index is 0.0352. The van der Waals surface area contributed by atoms with Gasteiger partial charge >= 0.3 is 25.7 Å². The van der Waals surface area contributed by atoms with Crippen molar-refractivity contribution in [1.82, 2.24) is 0 Å². The standard InChI is InChI=1S/C64H95O11P/c1-4-7-10-13-16-19-22-25-27-29-30-32-33-36-38-41-44-47-50-53-62(66)71-57-61(75-64(68)55-52-49-46-43-40-37-34-31-28-26-23-20-17-14-11-8-5-2)59-73-76(69,70)72-58-60(56-65)74-63(67)54-51-48-45-42-39-35-24-21-18-15-12-9-6-3/h7-12,16-21,25-28,30,32,34-39,43-48,60-61,65H,4-6,13-15,22-24,29,31,33,40-42,49-59H2,1-3H3,(H,69,70)/b10-7-,11-8-,12-9-,19-16-,20-17-,21-18-,27-25-,28-26-,32-30-,37-34-,38-36-,39-35-,46-43-,47-44-,48-45-. The van der Waals surface area contributed by atoms with Crippen molar-refractivity contribution >= 4 is 25.7 Å². The van der Waals surface area contributed by atoms with Gasteiger partial charge in [-0.15, -0.1) is 0 Å². The summed E-state index contributed by atoms with van der Waals surface area (Å²) >= 11 is 0. The highest BCUT2D eigenvalue weighted by Crippen LogP contribution is 2.43. The molecule has 0 saturated heterocycles. The van der Waals surface area contributed by atoms with Crippen LogP contribution in [0, 0.1) is 0 Å². The Labute approximate surface area is 459 Å². The van der Waals surface area contributed by atoms with Gasteiger partial charge in [-0.05, 0) is 122 Å². The first-order valence-corrected chi connectivity index (χ1v) is 29.2. The van der Waals surface area contributed by atoms with Crippen molar-refractivity contribution in [2.75, 3.05) is 26.4 Å². The molecule has 0 aliphatic rings. The molecule has 0 bridgehead atoms. The second-order valence-corrected chi connectivity index (χ2v) is 18.7. The normalized spacial score (nSPS) is 14.8. The molecule has 2 N–H and O–H groups in total. The molecule has 0 aliphatic heterocycles. The monoisotopic (exact) mass is 1070 g/mol. The first-order valence-electron chi connectivity index (χ1n) is 27.7. The van der Waals surface area contributed by atoms with Crippen molar-refractivity contribution < 1.29 is 52.2 Å². The molecular weight excluding hydrogens is 976 g/mol. The van der Waals surface area contributed by atoms with E-state index in [0.717, 1.165) is 96.3 Å². The van der Waals surface area contributed by atoms with Crippen LogP contribution in [0.3, 0.4) is 0 Å². The number of hydrogen-bond acceptors (Lipinski definition) is 10. The molecule has 422 valence electrons. The van der Waals surface area contributed by atoms with Crippen molar-refractivity contribution in [2.45, 2.75) is 174 Å². The van der Waals surface area contributed by atoms with Crippen LogP contribution in [0.2, 0.25) is 0 Å². The number of aliphatic hydroxyl groups is 1. The first kappa shape index (κ1) is 70.6. The Bertz CT molecular complexity index is 1970. The maximum atomic E-state index is 12.9. The van der Waals surface area contributed by atoms with E-state index in [1.165, 1.54) is 0 Å². The number of phosphoric ester groups is 1. The third-order valence-electron chi connectivity index (χ3n) is 10.3. The van der Waals surface area contributed by atoms with E-state index in [2.05, 4.69) is 161 Å². The zero-order valence-corrected chi connectivity index (χ0v) is 47.3. The maximum Gasteiger partial charge on any atom is 0.472 e. The molecule has 0 fully saturated rings. The number of ether oxygens (including phenoxy) is 3. The number of unbranched alkanes of at least 4 members (excludes halogenated alkanes) is 1. The second-order valence-electron chi connectivity index (χ2n) is 17.2. The van der Waals surface area contributed by atoms with E-state index in [-0.39, 0.29) is 19.3 Å². The highest BCUT2D eigenvalue weighted by atomic mass is 31.2. The molecule has 0 heterocycles. The van der Waals surface area contributed by atoms with Crippen LogP contribution in [0.1, 0.15) is 162 Å². The van der Waals surface area contributed by atoms with E-state index in [1.54, 1.807) is 0 Å². The molecule has 3 atom stereocenters. The van der Waals surface area contributed by atoms with Crippen molar-refractivity contribution in [1.29, 1.82) is 0 Å². The van der Waals surface area contributed by atoms with Crippen LogP contribution < -0.4 is 0 Å². The Hall–Kier alpha value is -5.42. The van der Waals surface area contributed by atoms with Gasteiger partial charge in [0, 0.05) is 19.3 Å². The van der Waals surface area contributed by atoms with Gasteiger partial charge in [0.25, 0.3) is 0 Å². The number of aliphatic hydroxyl groups excluding tert-OH is 1. The van der Waals surface area contributed by atoms with E-state index in [0.29, 0.717) is 25.7 Å². The van der Waals surface area contributed by atoms with Crippen LogP contribution >= 0.6 is 7.82 Å². The molecule has 76 heavy (non-hydrogen) atoms. The van der Waals surface area contributed by atoms with Crippen LogP contribution in [0.15, 0.2) is 182 Å². The summed E-state index contributed by atoms with van der Waals surface area (Å²) < 4.78 is 39.2. The lowest BCUT2D eigenvalue weighted by atomic mass is 10.2. The minimum atomic E-state index is -4.81. The van der Waals surface area contributed by atoms with E-state index >= 15 is 0 Å². The predicted molar refractivity (Wildman–Crippen MR) is 315 cm³/mol. The van der Waals surface area contributed by atoms with Crippen LogP contribution in [0.4, 0.5) is 0 Å². The highest BCUT2D eigenvalue weighted by molar-refractivity contribution is 7.47. The van der Waals surface area contributed by atoms with E-state index in [1.807, 2.05) is 42.5 Å². The molecule has 11 nitrogen and oxygen atoms in total. The molecule has 0 amide bonds. The van der Waals surface area contributed by atoms with Gasteiger partial charge in [-0.2, -0.15) is 0 Å². The number of carbonyl (C=O) groups is 3. The summed E-state index contributed by atoms with van der Waals surface area (Å²) in [7, 11) is -4.81. The molecule has 0 rings (SSSR count). The quantitative estimate of drug-likeness (QED) is 0.0197. The zero-order chi connectivity index (χ0) is 55.5. The fourth-order valence-electron chi connectivity index (χ4n) is 6.25. The highest BCUT2D eigenvalue weighted by Gasteiger charge is 2.28. The number of phosphoric acid groups is 1. The summed E-state index contributed by atoms with van der Waals surface area (Å²) in [5.41, 5.74) is 0. The number of hydrogen-bond donors (Lipinski definition) is 2. The predicted octanol–water partition coefficient (Wildman–Crippen LogP) is 16.5.